The molecule has 3 nitrogen and oxygen atoms in total. The largest absolute Gasteiger partial charge is 0.240 e. The van der Waals surface area contributed by atoms with Gasteiger partial charge in [-0.1, -0.05) is 32.4 Å². The molecule has 2 aliphatic carbocycles. The van der Waals surface area contributed by atoms with Crippen LogP contribution >= 0.6 is 0 Å². The lowest BCUT2D eigenvalue weighted by Crippen LogP contribution is -2.40. The van der Waals surface area contributed by atoms with Crippen molar-refractivity contribution in [3.63, 3.8) is 0 Å². The van der Waals surface area contributed by atoms with Crippen LogP contribution in [-0.4, -0.2) is 14.5 Å². The van der Waals surface area contributed by atoms with E-state index in [-0.39, 0.29) is 6.04 Å². The van der Waals surface area contributed by atoms with Gasteiger partial charge in [0.15, 0.2) is 0 Å². The Labute approximate surface area is 140 Å². The monoisotopic (exact) mass is 335 g/mol. The molecule has 3 rings (SSSR count). The quantitative estimate of drug-likeness (QED) is 0.842. The average Bonchev–Trinajstić information content (AvgIpc) is 3.17. The second kappa shape index (κ2) is 6.56. The molecule has 2 bridgehead atoms. The van der Waals surface area contributed by atoms with Gasteiger partial charge in [-0.25, -0.2) is 13.1 Å². The molecule has 128 valence electrons. The van der Waals surface area contributed by atoms with Gasteiger partial charge in [0.2, 0.25) is 10.0 Å². The molecule has 5 unspecified atom stereocenters. The second-order valence-electron chi connectivity index (χ2n) is 7.63. The van der Waals surface area contributed by atoms with Crippen molar-refractivity contribution < 1.29 is 8.42 Å². The molecule has 4 heteroatoms. The first-order valence-corrected chi connectivity index (χ1v) is 10.5. The van der Waals surface area contributed by atoms with Crippen molar-refractivity contribution in [1.29, 1.82) is 0 Å². The van der Waals surface area contributed by atoms with E-state index < -0.39 is 10.0 Å². The maximum atomic E-state index is 12.6. The van der Waals surface area contributed by atoms with Gasteiger partial charge >= 0.3 is 0 Å². The maximum absolute atomic E-state index is 12.6. The topological polar surface area (TPSA) is 46.2 Å². The van der Waals surface area contributed by atoms with E-state index in [2.05, 4.69) is 18.6 Å². The van der Waals surface area contributed by atoms with E-state index in [1.54, 1.807) is 12.1 Å². The fourth-order valence-electron chi connectivity index (χ4n) is 4.52. The Hall–Kier alpha value is -0.870. The van der Waals surface area contributed by atoms with Gasteiger partial charge in [-0.15, -0.1) is 0 Å². The molecule has 0 radical (unpaired) electrons. The summed E-state index contributed by atoms with van der Waals surface area (Å²) in [7, 11) is -3.41. The Morgan fingerprint density at radius 1 is 1.13 bits per heavy atom. The lowest BCUT2D eigenvalue weighted by atomic mass is 9.84. The van der Waals surface area contributed by atoms with E-state index in [1.165, 1.54) is 31.2 Å². The van der Waals surface area contributed by atoms with Crippen molar-refractivity contribution in [3.05, 3.63) is 29.8 Å². The standard InChI is InChI=1S/C19H29NO2S/c1-4-13(2)16-7-9-18(10-8-16)23(21,22)20-14(3)19-12-15-5-6-17(19)11-15/h7-10,13-15,17,19-20H,4-6,11-12H2,1-3H3. The Morgan fingerprint density at radius 2 is 1.83 bits per heavy atom. The summed E-state index contributed by atoms with van der Waals surface area (Å²) in [5.41, 5.74) is 1.20. The molecule has 0 saturated heterocycles. The van der Waals surface area contributed by atoms with Crippen molar-refractivity contribution in [2.45, 2.75) is 69.7 Å². The Kier molecular flexibility index (Phi) is 4.84. The molecule has 2 saturated carbocycles. The van der Waals surface area contributed by atoms with Crippen molar-refractivity contribution in [2.24, 2.45) is 17.8 Å². The van der Waals surface area contributed by atoms with Crippen LogP contribution in [0.4, 0.5) is 0 Å². The molecule has 23 heavy (non-hydrogen) atoms. The minimum Gasteiger partial charge on any atom is -0.208 e. The molecule has 0 aliphatic heterocycles. The van der Waals surface area contributed by atoms with E-state index in [4.69, 9.17) is 0 Å². The number of fused-ring (bicyclic) bond motifs is 2. The van der Waals surface area contributed by atoms with E-state index in [0.29, 0.717) is 16.7 Å². The number of hydrogen-bond donors (Lipinski definition) is 1. The molecule has 2 fully saturated rings. The summed E-state index contributed by atoms with van der Waals surface area (Å²) in [6.07, 6.45) is 6.19. The SMILES string of the molecule is CCC(C)c1ccc(S(=O)(=O)NC(C)C2CC3CCC2C3)cc1. The highest BCUT2D eigenvalue weighted by molar-refractivity contribution is 7.89. The third-order valence-corrected chi connectivity index (χ3v) is 7.72. The summed E-state index contributed by atoms with van der Waals surface area (Å²) in [4.78, 5) is 0.388. The maximum Gasteiger partial charge on any atom is 0.240 e. The Balaban J connectivity index is 1.69. The van der Waals surface area contributed by atoms with Crippen molar-refractivity contribution in [3.8, 4) is 0 Å². The van der Waals surface area contributed by atoms with E-state index in [1.807, 2.05) is 19.1 Å². The van der Waals surface area contributed by atoms with Gasteiger partial charge in [0, 0.05) is 6.04 Å². The number of sulfonamides is 1. The lowest BCUT2D eigenvalue weighted by Gasteiger charge is -2.28. The normalized spacial score (nSPS) is 29.6. The van der Waals surface area contributed by atoms with Gasteiger partial charge in [0.05, 0.1) is 4.90 Å². The highest BCUT2D eigenvalue weighted by atomic mass is 32.2. The number of rotatable bonds is 6. The number of benzene rings is 1. The van der Waals surface area contributed by atoms with E-state index in [0.717, 1.165) is 18.3 Å². The predicted octanol–water partition coefficient (Wildman–Crippen LogP) is 4.30. The number of hydrogen-bond acceptors (Lipinski definition) is 2. The molecule has 5 atom stereocenters. The zero-order chi connectivity index (χ0) is 16.6. The summed E-state index contributed by atoms with van der Waals surface area (Å²) < 4.78 is 28.2. The predicted molar refractivity (Wildman–Crippen MR) is 93.9 cm³/mol. The van der Waals surface area contributed by atoms with Crippen LogP contribution in [-0.2, 0) is 10.0 Å². The molecule has 0 amide bonds. The van der Waals surface area contributed by atoms with Gasteiger partial charge in [0.1, 0.15) is 0 Å². The molecule has 0 heterocycles. The Bertz CT molecular complexity index is 638. The average molecular weight is 336 g/mol. The second-order valence-corrected chi connectivity index (χ2v) is 9.34. The summed E-state index contributed by atoms with van der Waals surface area (Å²) in [6.45, 7) is 6.35. The molecule has 1 N–H and O–H groups in total. The molecular weight excluding hydrogens is 306 g/mol. The summed E-state index contributed by atoms with van der Waals surface area (Å²) >= 11 is 0. The Morgan fingerprint density at radius 3 is 2.35 bits per heavy atom. The summed E-state index contributed by atoms with van der Waals surface area (Å²) in [6, 6.07) is 7.43. The van der Waals surface area contributed by atoms with Gasteiger partial charge in [-0.05, 0) is 74.0 Å². The zero-order valence-electron chi connectivity index (χ0n) is 14.5. The van der Waals surface area contributed by atoms with Gasteiger partial charge in [-0.3, -0.25) is 0 Å². The number of nitrogens with one attached hydrogen (secondary N) is 1. The molecule has 1 aromatic carbocycles. The molecule has 0 aromatic heterocycles. The van der Waals surface area contributed by atoms with Crippen LogP contribution in [0.3, 0.4) is 0 Å². The zero-order valence-corrected chi connectivity index (χ0v) is 15.3. The van der Waals surface area contributed by atoms with Crippen molar-refractivity contribution >= 4 is 10.0 Å². The van der Waals surface area contributed by atoms with Crippen LogP contribution in [0, 0.1) is 17.8 Å². The van der Waals surface area contributed by atoms with Crippen molar-refractivity contribution in [1.82, 2.24) is 4.72 Å². The molecule has 2 aliphatic rings. The molecule has 0 spiro atoms. The van der Waals surface area contributed by atoms with Gasteiger partial charge < -0.3 is 0 Å². The van der Waals surface area contributed by atoms with Crippen LogP contribution in [0.1, 0.15) is 64.4 Å². The summed E-state index contributed by atoms with van der Waals surface area (Å²) in [5.74, 6) is 2.55. The highest BCUT2D eigenvalue weighted by Gasteiger charge is 2.42. The smallest absolute Gasteiger partial charge is 0.208 e. The molecule has 1 aromatic rings. The first kappa shape index (κ1) is 17.0. The third kappa shape index (κ3) is 3.48. The van der Waals surface area contributed by atoms with Crippen LogP contribution in [0.25, 0.3) is 0 Å². The van der Waals surface area contributed by atoms with Crippen LogP contribution in [0.5, 0.6) is 0 Å². The van der Waals surface area contributed by atoms with Crippen LogP contribution < -0.4 is 4.72 Å². The van der Waals surface area contributed by atoms with Crippen molar-refractivity contribution in [2.75, 3.05) is 0 Å². The van der Waals surface area contributed by atoms with E-state index in [9.17, 15) is 8.42 Å². The molecular formula is C19H29NO2S. The fraction of sp³-hybridized carbons (Fsp3) is 0.684. The first-order chi connectivity index (χ1) is 10.9. The lowest BCUT2D eigenvalue weighted by molar-refractivity contribution is 0.280. The highest BCUT2D eigenvalue weighted by Crippen LogP contribution is 2.49. The van der Waals surface area contributed by atoms with E-state index >= 15 is 0 Å². The summed E-state index contributed by atoms with van der Waals surface area (Å²) in [5, 5.41) is 0. The minimum atomic E-state index is -3.41. The van der Waals surface area contributed by atoms with Gasteiger partial charge in [-0.2, -0.15) is 0 Å². The fourth-order valence-corrected chi connectivity index (χ4v) is 5.81. The first-order valence-electron chi connectivity index (χ1n) is 9.03. The van der Waals surface area contributed by atoms with Gasteiger partial charge in [0.25, 0.3) is 0 Å². The minimum absolute atomic E-state index is 0.0320. The van der Waals surface area contributed by atoms with Crippen LogP contribution in [0.15, 0.2) is 29.2 Å². The third-order valence-electron chi connectivity index (χ3n) is 6.15. The van der Waals surface area contributed by atoms with Crippen LogP contribution in [0.2, 0.25) is 0 Å².